The number of methoxy groups -OCH3 is 1. The number of halogens is 1. The van der Waals surface area contributed by atoms with E-state index in [4.69, 9.17) is 4.74 Å². The number of aromatic carboxylic acids is 1. The molecule has 4 aromatic rings. The lowest BCUT2D eigenvalue weighted by Gasteiger charge is -2.39. The van der Waals surface area contributed by atoms with Gasteiger partial charge in [0.25, 0.3) is 0 Å². The first-order chi connectivity index (χ1) is 15.0. The van der Waals surface area contributed by atoms with E-state index in [9.17, 15) is 14.3 Å². The molecule has 0 bridgehead atoms. The third-order valence-electron chi connectivity index (χ3n) is 5.52. The lowest BCUT2D eigenvalue weighted by molar-refractivity contribution is 0.0697. The van der Waals surface area contributed by atoms with E-state index in [1.807, 2.05) is 12.1 Å². The molecule has 0 radical (unpaired) electrons. The number of hydrogen-bond donors (Lipinski definition) is 2. The Balaban J connectivity index is 1.65. The minimum atomic E-state index is -0.959. The molecular formula is C23H19FN4O3. The number of ether oxygens (including phenoxy) is 1. The Bertz CT molecular complexity index is 1290. The fourth-order valence-corrected chi connectivity index (χ4v) is 4.02. The summed E-state index contributed by atoms with van der Waals surface area (Å²) in [7, 11) is 1.53. The van der Waals surface area contributed by atoms with Gasteiger partial charge in [0.1, 0.15) is 11.6 Å². The minimum Gasteiger partial charge on any atom is -0.494 e. The molecule has 2 N–H and O–H groups in total. The lowest BCUT2D eigenvalue weighted by Crippen LogP contribution is -2.36. The first-order valence-electron chi connectivity index (χ1n) is 9.74. The van der Waals surface area contributed by atoms with E-state index in [1.165, 1.54) is 19.2 Å². The van der Waals surface area contributed by atoms with Crippen LogP contribution in [0.4, 0.5) is 27.1 Å². The highest BCUT2D eigenvalue weighted by Crippen LogP contribution is 2.45. The number of fused-ring (bicyclic) bond motifs is 2. The van der Waals surface area contributed by atoms with Crippen molar-refractivity contribution in [2.75, 3.05) is 30.0 Å². The monoisotopic (exact) mass is 418 g/mol. The molecule has 0 saturated carbocycles. The molecule has 7 nitrogen and oxygen atoms in total. The highest BCUT2D eigenvalue weighted by molar-refractivity contribution is 5.95. The standard InChI is InChI=1S/C23H19FN4O3/c1-31-22-11-16(24)4-7-19(22)28-9-8-27(17-5-2-14(3-6-17)23(29)30)21-12-18-15(10-20(21)28)13-25-26-18/h2-7,10-13H,8-9H2,1H3,(H,25,26)(H,29,30). The molecule has 0 saturated heterocycles. The van der Waals surface area contributed by atoms with Gasteiger partial charge in [-0.2, -0.15) is 5.10 Å². The van der Waals surface area contributed by atoms with Crippen LogP contribution >= 0.6 is 0 Å². The number of carboxylic acids is 1. The lowest BCUT2D eigenvalue weighted by atomic mass is 10.1. The van der Waals surface area contributed by atoms with Crippen LogP contribution in [0.5, 0.6) is 5.75 Å². The van der Waals surface area contributed by atoms with Gasteiger partial charge in [0, 0.05) is 30.2 Å². The van der Waals surface area contributed by atoms with E-state index in [0.717, 1.165) is 33.7 Å². The fourth-order valence-electron chi connectivity index (χ4n) is 4.02. The van der Waals surface area contributed by atoms with Crippen molar-refractivity contribution in [3.63, 3.8) is 0 Å². The third kappa shape index (κ3) is 3.22. The van der Waals surface area contributed by atoms with Crippen molar-refractivity contribution in [1.29, 1.82) is 0 Å². The zero-order chi connectivity index (χ0) is 21.5. The van der Waals surface area contributed by atoms with Crippen molar-refractivity contribution in [1.82, 2.24) is 10.2 Å². The largest absolute Gasteiger partial charge is 0.494 e. The molecule has 1 aromatic heterocycles. The highest BCUT2D eigenvalue weighted by Gasteiger charge is 2.27. The van der Waals surface area contributed by atoms with Gasteiger partial charge in [0.05, 0.1) is 41.4 Å². The topological polar surface area (TPSA) is 81.7 Å². The second-order valence-electron chi connectivity index (χ2n) is 7.27. The molecule has 156 valence electrons. The Labute approximate surface area is 177 Å². The smallest absolute Gasteiger partial charge is 0.335 e. The summed E-state index contributed by atoms with van der Waals surface area (Å²) in [5.41, 5.74) is 4.64. The van der Waals surface area contributed by atoms with Crippen LogP contribution < -0.4 is 14.5 Å². The molecule has 0 atom stereocenters. The first kappa shape index (κ1) is 18.9. The van der Waals surface area contributed by atoms with Crippen LogP contribution in [0.25, 0.3) is 10.9 Å². The molecule has 0 unspecified atom stereocenters. The van der Waals surface area contributed by atoms with E-state index in [-0.39, 0.29) is 11.4 Å². The molecule has 0 fully saturated rings. The van der Waals surface area contributed by atoms with E-state index in [0.29, 0.717) is 18.8 Å². The number of carbonyl (C=O) groups is 1. The second kappa shape index (κ2) is 7.32. The number of benzene rings is 3. The molecule has 0 spiro atoms. The van der Waals surface area contributed by atoms with Gasteiger partial charge in [-0.3, -0.25) is 5.10 Å². The zero-order valence-electron chi connectivity index (χ0n) is 16.7. The van der Waals surface area contributed by atoms with Crippen LogP contribution in [0, 0.1) is 5.82 Å². The third-order valence-corrected chi connectivity index (χ3v) is 5.52. The number of nitrogens with zero attached hydrogens (tertiary/aromatic N) is 3. The summed E-state index contributed by atoms with van der Waals surface area (Å²) in [4.78, 5) is 15.5. The van der Waals surface area contributed by atoms with Crippen LogP contribution in [-0.4, -0.2) is 41.5 Å². The molecule has 5 rings (SSSR count). The van der Waals surface area contributed by atoms with Crippen molar-refractivity contribution in [3.8, 4) is 5.75 Å². The van der Waals surface area contributed by atoms with Crippen LogP contribution in [0.2, 0.25) is 0 Å². The molecule has 8 heteroatoms. The van der Waals surface area contributed by atoms with E-state index in [2.05, 4.69) is 20.0 Å². The fraction of sp³-hybridized carbons (Fsp3) is 0.130. The van der Waals surface area contributed by atoms with E-state index < -0.39 is 5.97 Å². The summed E-state index contributed by atoms with van der Waals surface area (Å²) in [6.45, 7) is 1.26. The molecule has 1 aliphatic heterocycles. The van der Waals surface area contributed by atoms with Crippen LogP contribution in [0.15, 0.2) is 60.8 Å². The average molecular weight is 418 g/mol. The Hall–Kier alpha value is -4.07. The minimum absolute atomic E-state index is 0.239. The summed E-state index contributed by atoms with van der Waals surface area (Å²) < 4.78 is 19.2. The van der Waals surface area contributed by atoms with Gasteiger partial charge in [-0.15, -0.1) is 0 Å². The number of anilines is 4. The molecule has 2 heterocycles. The van der Waals surface area contributed by atoms with Crippen LogP contribution in [0.1, 0.15) is 10.4 Å². The maximum atomic E-state index is 13.8. The van der Waals surface area contributed by atoms with Gasteiger partial charge >= 0.3 is 5.97 Å². The van der Waals surface area contributed by atoms with Gasteiger partial charge in [0.2, 0.25) is 0 Å². The highest BCUT2D eigenvalue weighted by atomic mass is 19.1. The SMILES string of the molecule is COc1cc(F)ccc1N1CCN(c2ccc(C(=O)O)cc2)c2cc3[nH]ncc3cc21. The molecule has 1 aliphatic rings. The average Bonchev–Trinajstić information content (AvgIpc) is 3.24. The number of hydrogen-bond acceptors (Lipinski definition) is 5. The number of carboxylic acid groups (broad SMARTS) is 1. The number of nitrogens with one attached hydrogen (secondary N) is 1. The van der Waals surface area contributed by atoms with E-state index >= 15 is 0 Å². The van der Waals surface area contributed by atoms with Crippen molar-refractivity contribution in [3.05, 3.63) is 72.2 Å². The van der Waals surface area contributed by atoms with E-state index in [1.54, 1.807) is 36.5 Å². The Morgan fingerprint density at radius 2 is 1.77 bits per heavy atom. The summed E-state index contributed by atoms with van der Waals surface area (Å²) in [6, 6.07) is 15.4. The predicted octanol–water partition coefficient (Wildman–Crippen LogP) is 4.70. The normalized spacial score (nSPS) is 13.4. The van der Waals surface area contributed by atoms with Gasteiger partial charge in [-0.1, -0.05) is 0 Å². The molecule has 3 aromatic carbocycles. The number of rotatable bonds is 4. The van der Waals surface area contributed by atoms with Crippen LogP contribution in [0.3, 0.4) is 0 Å². The molecule has 0 amide bonds. The molecular weight excluding hydrogens is 399 g/mol. The summed E-state index contributed by atoms with van der Waals surface area (Å²) in [5, 5.41) is 17.3. The van der Waals surface area contributed by atoms with Crippen molar-refractivity contribution < 1.29 is 19.0 Å². The van der Waals surface area contributed by atoms with Gasteiger partial charge in [-0.05, 0) is 48.5 Å². The number of aromatic nitrogens is 2. The second-order valence-corrected chi connectivity index (χ2v) is 7.27. The van der Waals surface area contributed by atoms with Crippen LogP contribution in [-0.2, 0) is 0 Å². The Kier molecular flexibility index (Phi) is 4.47. The molecule has 0 aliphatic carbocycles. The van der Waals surface area contributed by atoms with Gasteiger partial charge in [-0.25, -0.2) is 9.18 Å². The maximum absolute atomic E-state index is 13.8. The van der Waals surface area contributed by atoms with Gasteiger partial charge in [0.15, 0.2) is 0 Å². The van der Waals surface area contributed by atoms with Gasteiger partial charge < -0.3 is 19.6 Å². The maximum Gasteiger partial charge on any atom is 0.335 e. The summed E-state index contributed by atoms with van der Waals surface area (Å²) in [5.74, 6) is -0.861. The molecule has 31 heavy (non-hydrogen) atoms. The number of H-pyrrole nitrogens is 1. The summed E-state index contributed by atoms with van der Waals surface area (Å²) >= 11 is 0. The zero-order valence-corrected chi connectivity index (χ0v) is 16.7. The van der Waals surface area contributed by atoms with Crippen molar-refractivity contribution in [2.24, 2.45) is 0 Å². The Morgan fingerprint density at radius 1 is 1.03 bits per heavy atom. The van der Waals surface area contributed by atoms with Crippen molar-refractivity contribution in [2.45, 2.75) is 0 Å². The van der Waals surface area contributed by atoms with Crippen molar-refractivity contribution >= 4 is 39.6 Å². The Morgan fingerprint density at radius 3 is 2.52 bits per heavy atom. The predicted molar refractivity (Wildman–Crippen MR) is 116 cm³/mol. The first-order valence-corrected chi connectivity index (χ1v) is 9.74. The number of aromatic amines is 1. The quantitative estimate of drug-likeness (QED) is 0.500. The summed E-state index contributed by atoms with van der Waals surface area (Å²) in [6.07, 6.45) is 1.76.